The summed E-state index contributed by atoms with van der Waals surface area (Å²) in [5.41, 5.74) is 0. The smallest absolute Gasteiger partial charge is 0.323 e. The van der Waals surface area contributed by atoms with Crippen molar-refractivity contribution in [1.29, 1.82) is 0 Å². The molecular weight excluding hydrogens is 230 g/mol. The van der Waals surface area contributed by atoms with E-state index in [1.54, 1.807) is 0 Å². The Kier molecular flexibility index (Phi) is 6.09. The van der Waals surface area contributed by atoms with Crippen molar-refractivity contribution in [2.45, 2.75) is 71.2 Å². The first kappa shape index (κ1) is 15.4. The number of ether oxygens (including phenoxy) is 2. The van der Waals surface area contributed by atoms with E-state index in [0.717, 1.165) is 19.3 Å². The molecule has 0 saturated carbocycles. The van der Waals surface area contributed by atoms with E-state index in [2.05, 4.69) is 33.0 Å². The molecule has 0 aromatic rings. The lowest BCUT2D eigenvalue weighted by molar-refractivity contribution is -0.145. The molecule has 0 radical (unpaired) electrons. The lowest BCUT2D eigenvalue weighted by Gasteiger charge is -2.35. The number of rotatable bonds is 5. The zero-order valence-corrected chi connectivity index (χ0v) is 12.2. The van der Waals surface area contributed by atoms with E-state index in [1.165, 1.54) is 7.11 Å². The van der Waals surface area contributed by atoms with Crippen molar-refractivity contribution in [1.82, 2.24) is 5.32 Å². The lowest BCUT2D eigenvalue weighted by atomic mass is 9.94. The van der Waals surface area contributed by atoms with Crippen LogP contribution in [0.4, 0.5) is 0 Å². The lowest BCUT2D eigenvalue weighted by Crippen LogP contribution is -2.51. The molecule has 106 valence electrons. The zero-order valence-electron chi connectivity index (χ0n) is 12.2. The van der Waals surface area contributed by atoms with Crippen molar-refractivity contribution in [3.8, 4) is 0 Å². The third-order valence-electron chi connectivity index (χ3n) is 3.78. The Morgan fingerprint density at radius 2 is 1.94 bits per heavy atom. The highest BCUT2D eigenvalue weighted by molar-refractivity contribution is 5.76. The van der Waals surface area contributed by atoms with Crippen LogP contribution < -0.4 is 5.32 Å². The van der Waals surface area contributed by atoms with Crippen LogP contribution in [0.25, 0.3) is 0 Å². The van der Waals surface area contributed by atoms with Gasteiger partial charge in [0.2, 0.25) is 0 Å². The van der Waals surface area contributed by atoms with Gasteiger partial charge in [-0.05, 0) is 32.6 Å². The molecular formula is C14H27NO3. The average Bonchev–Trinajstić information content (AvgIpc) is 2.33. The minimum atomic E-state index is -0.206. The van der Waals surface area contributed by atoms with Gasteiger partial charge in [0, 0.05) is 6.04 Å². The number of carbonyl (C=O) groups excluding carboxylic acids is 1. The van der Waals surface area contributed by atoms with Gasteiger partial charge in [0.25, 0.3) is 0 Å². The second-order valence-corrected chi connectivity index (χ2v) is 5.48. The Labute approximate surface area is 110 Å². The molecule has 4 atom stereocenters. The Bertz CT molecular complexity index is 260. The highest BCUT2D eigenvalue weighted by Crippen LogP contribution is 2.21. The molecule has 0 bridgehead atoms. The number of hydrogen-bond acceptors (Lipinski definition) is 4. The van der Waals surface area contributed by atoms with E-state index in [1.807, 2.05) is 0 Å². The van der Waals surface area contributed by atoms with Gasteiger partial charge in [-0.15, -0.1) is 0 Å². The minimum Gasteiger partial charge on any atom is -0.468 e. The van der Waals surface area contributed by atoms with Gasteiger partial charge in [0.1, 0.15) is 6.04 Å². The molecule has 1 saturated heterocycles. The molecule has 1 aliphatic rings. The summed E-state index contributed by atoms with van der Waals surface area (Å²) in [5.74, 6) is 0.127. The maximum Gasteiger partial charge on any atom is 0.323 e. The van der Waals surface area contributed by atoms with E-state index < -0.39 is 0 Å². The number of methoxy groups -OCH3 is 1. The Hall–Kier alpha value is -0.610. The van der Waals surface area contributed by atoms with Crippen LogP contribution >= 0.6 is 0 Å². The molecule has 0 aromatic carbocycles. The quantitative estimate of drug-likeness (QED) is 0.766. The second-order valence-electron chi connectivity index (χ2n) is 5.48. The van der Waals surface area contributed by atoms with Gasteiger partial charge in [0.15, 0.2) is 0 Å². The van der Waals surface area contributed by atoms with E-state index in [4.69, 9.17) is 9.47 Å². The van der Waals surface area contributed by atoms with Crippen LogP contribution in [0, 0.1) is 5.92 Å². The van der Waals surface area contributed by atoms with Gasteiger partial charge in [-0.2, -0.15) is 0 Å². The fourth-order valence-corrected chi connectivity index (χ4v) is 2.62. The molecule has 1 heterocycles. The van der Waals surface area contributed by atoms with Gasteiger partial charge >= 0.3 is 5.97 Å². The number of nitrogens with one attached hydrogen (secondary N) is 1. The number of esters is 1. The number of hydrogen-bond donors (Lipinski definition) is 1. The van der Waals surface area contributed by atoms with Crippen LogP contribution in [0.5, 0.6) is 0 Å². The summed E-state index contributed by atoms with van der Waals surface area (Å²) in [6.45, 7) is 8.35. The van der Waals surface area contributed by atoms with Crippen LogP contribution in [0.2, 0.25) is 0 Å². The normalized spacial score (nSPS) is 31.7. The Balaban J connectivity index is 2.62. The number of carbonyl (C=O) groups is 1. The summed E-state index contributed by atoms with van der Waals surface area (Å²) in [6.07, 6.45) is 3.37. The van der Waals surface area contributed by atoms with Gasteiger partial charge in [0.05, 0.1) is 19.3 Å². The summed E-state index contributed by atoms with van der Waals surface area (Å²) >= 11 is 0. The van der Waals surface area contributed by atoms with E-state index in [9.17, 15) is 4.79 Å². The molecule has 0 amide bonds. The molecule has 0 aliphatic carbocycles. The third kappa shape index (κ3) is 4.25. The predicted molar refractivity (Wildman–Crippen MR) is 71.4 cm³/mol. The standard InChI is InChI=1S/C14H27NO3/c1-6-9(2)13(14(16)17-5)15-12-7-10(3)18-11(4)8-12/h9-13,15H,6-8H2,1-5H3. The van der Waals surface area contributed by atoms with E-state index in [0.29, 0.717) is 6.04 Å². The van der Waals surface area contributed by atoms with Crippen molar-refractivity contribution in [2.75, 3.05) is 7.11 Å². The van der Waals surface area contributed by atoms with Crippen LogP contribution in [0.3, 0.4) is 0 Å². The van der Waals surface area contributed by atoms with Gasteiger partial charge < -0.3 is 14.8 Å². The first-order chi connectivity index (χ1) is 8.47. The fraction of sp³-hybridized carbons (Fsp3) is 0.929. The van der Waals surface area contributed by atoms with Crippen LogP contribution in [-0.2, 0) is 14.3 Å². The molecule has 0 spiro atoms. The Morgan fingerprint density at radius 1 is 1.39 bits per heavy atom. The third-order valence-corrected chi connectivity index (χ3v) is 3.78. The highest BCUT2D eigenvalue weighted by Gasteiger charge is 2.31. The largest absolute Gasteiger partial charge is 0.468 e. The minimum absolute atomic E-state index is 0.156. The SMILES string of the molecule is CCC(C)C(NC1CC(C)OC(C)C1)C(=O)OC. The summed E-state index contributed by atoms with van der Waals surface area (Å²) in [4.78, 5) is 11.8. The van der Waals surface area contributed by atoms with E-state index in [-0.39, 0.29) is 30.1 Å². The molecule has 4 heteroatoms. The van der Waals surface area contributed by atoms with Crippen molar-refractivity contribution in [3.63, 3.8) is 0 Å². The van der Waals surface area contributed by atoms with E-state index >= 15 is 0 Å². The monoisotopic (exact) mass is 257 g/mol. The molecule has 4 unspecified atom stereocenters. The maximum absolute atomic E-state index is 11.8. The van der Waals surface area contributed by atoms with Gasteiger partial charge in [-0.3, -0.25) is 4.79 Å². The molecule has 1 rings (SSSR count). The molecule has 1 N–H and O–H groups in total. The molecule has 0 aromatic heterocycles. The Morgan fingerprint density at radius 3 is 2.39 bits per heavy atom. The molecule has 18 heavy (non-hydrogen) atoms. The fourth-order valence-electron chi connectivity index (χ4n) is 2.62. The summed E-state index contributed by atoms with van der Waals surface area (Å²) in [7, 11) is 1.45. The molecule has 4 nitrogen and oxygen atoms in total. The first-order valence-corrected chi connectivity index (χ1v) is 6.97. The summed E-state index contributed by atoms with van der Waals surface area (Å²) in [5, 5.41) is 3.46. The predicted octanol–water partition coefficient (Wildman–Crippen LogP) is 2.12. The van der Waals surface area contributed by atoms with Gasteiger partial charge in [-0.25, -0.2) is 0 Å². The molecule has 1 aliphatic heterocycles. The van der Waals surface area contributed by atoms with Crippen molar-refractivity contribution in [3.05, 3.63) is 0 Å². The van der Waals surface area contributed by atoms with Crippen molar-refractivity contribution in [2.24, 2.45) is 5.92 Å². The molecule has 1 fully saturated rings. The van der Waals surface area contributed by atoms with Crippen molar-refractivity contribution < 1.29 is 14.3 Å². The average molecular weight is 257 g/mol. The second kappa shape index (κ2) is 7.10. The topological polar surface area (TPSA) is 47.6 Å². The maximum atomic E-state index is 11.8. The van der Waals surface area contributed by atoms with Crippen molar-refractivity contribution >= 4 is 5.97 Å². The summed E-state index contributed by atoms with van der Waals surface area (Å²) < 4.78 is 10.6. The highest BCUT2D eigenvalue weighted by atomic mass is 16.5. The van der Waals surface area contributed by atoms with Crippen LogP contribution in [-0.4, -0.2) is 37.4 Å². The van der Waals surface area contributed by atoms with Crippen LogP contribution in [0.1, 0.15) is 47.0 Å². The zero-order chi connectivity index (χ0) is 13.7. The first-order valence-electron chi connectivity index (χ1n) is 6.97. The summed E-state index contributed by atoms with van der Waals surface area (Å²) in [6, 6.07) is 0.129. The van der Waals surface area contributed by atoms with Gasteiger partial charge in [-0.1, -0.05) is 20.3 Å². The van der Waals surface area contributed by atoms with Crippen LogP contribution in [0.15, 0.2) is 0 Å².